The van der Waals surface area contributed by atoms with Crippen LogP contribution in [0.5, 0.6) is 0 Å². The van der Waals surface area contributed by atoms with E-state index in [0.29, 0.717) is 6.54 Å². The first kappa shape index (κ1) is 14.8. The third-order valence-electron chi connectivity index (χ3n) is 3.52. The molecule has 2 aromatic heterocycles. The third kappa shape index (κ3) is 3.55. The Morgan fingerprint density at radius 3 is 2.76 bits per heavy atom. The minimum Gasteiger partial charge on any atom is -0.376 e. The normalized spacial score (nSPS) is 14.5. The average molecular weight is 412 g/mol. The van der Waals surface area contributed by atoms with Crippen molar-refractivity contribution in [2.24, 2.45) is 0 Å². The Labute approximate surface area is 141 Å². The van der Waals surface area contributed by atoms with Crippen LogP contribution >= 0.6 is 31.9 Å². The molecule has 0 unspecified atom stereocenters. The first-order valence-corrected chi connectivity index (χ1v) is 8.56. The van der Waals surface area contributed by atoms with Crippen LogP contribution in [0.15, 0.2) is 39.5 Å². The highest BCUT2D eigenvalue weighted by atomic mass is 79.9. The van der Waals surface area contributed by atoms with E-state index in [1.807, 2.05) is 24.5 Å². The van der Waals surface area contributed by atoms with Crippen molar-refractivity contribution >= 4 is 43.4 Å². The smallest absolute Gasteiger partial charge is 0.151 e. The zero-order valence-electron chi connectivity index (χ0n) is 11.5. The van der Waals surface area contributed by atoms with Crippen molar-refractivity contribution in [1.29, 1.82) is 0 Å². The number of anilines is 2. The minimum atomic E-state index is 0.667. The van der Waals surface area contributed by atoms with Crippen molar-refractivity contribution in [3.05, 3.63) is 45.2 Å². The summed E-state index contributed by atoms with van der Waals surface area (Å²) in [7, 11) is 0. The molecule has 0 aliphatic carbocycles. The molecule has 0 aromatic carbocycles. The lowest BCUT2D eigenvalue weighted by Crippen LogP contribution is -2.20. The monoisotopic (exact) mass is 410 g/mol. The standard InChI is InChI=1S/C15H16Br2N4/c16-11-8-12(17)14(19-9-11)10-20-13-4-3-5-18-15(13)21-6-1-2-7-21/h3-5,8-9,20H,1-2,6-7,10H2. The van der Waals surface area contributed by atoms with Gasteiger partial charge in [-0.2, -0.15) is 0 Å². The van der Waals surface area contributed by atoms with Crippen LogP contribution in [0.1, 0.15) is 18.5 Å². The summed E-state index contributed by atoms with van der Waals surface area (Å²) in [5.41, 5.74) is 2.05. The van der Waals surface area contributed by atoms with Gasteiger partial charge in [-0.05, 0) is 62.9 Å². The molecule has 21 heavy (non-hydrogen) atoms. The van der Waals surface area contributed by atoms with Crippen LogP contribution < -0.4 is 10.2 Å². The first-order valence-electron chi connectivity index (χ1n) is 6.98. The van der Waals surface area contributed by atoms with E-state index in [1.54, 1.807) is 0 Å². The van der Waals surface area contributed by atoms with Gasteiger partial charge in [0, 0.05) is 34.4 Å². The highest BCUT2D eigenvalue weighted by Gasteiger charge is 2.16. The van der Waals surface area contributed by atoms with Gasteiger partial charge in [-0.15, -0.1) is 0 Å². The Bertz CT molecular complexity index is 627. The second-order valence-electron chi connectivity index (χ2n) is 5.00. The van der Waals surface area contributed by atoms with Gasteiger partial charge in [0.15, 0.2) is 5.82 Å². The zero-order chi connectivity index (χ0) is 14.7. The summed E-state index contributed by atoms with van der Waals surface area (Å²) in [5, 5.41) is 3.45. The molecule has 0 spiro atoms. The maximum atomic E-state index is 4.53. The van der Waals surface area contributed by atoms with Gasteiger partial charge < -0.3 is 10.2 Å². The summed E-state index contributed by atoms with van der Waals surface area (Å²) < 4.78 is 1.97. The number of aromatic nitrogens is 2. The van der Waals surface area contributed by atoms with Crippen molar-refractivity contribution in [3.8, 4) is 0 Å². The van der Waals surface area contributed by atoms with Crippen LogP contribution in [0, 0.1) is 0 Å². The number of hydrogen-bond donors (Lipinski definition) is 1. The fourth-order valence-corrected chi connectivity index (χ4v) is 3.60. The summed E-state index contributed by atoms with van der Waals surface area (Å²) in [5.74, 6) is 1.04. The second kappa shape index (κ2) is 6.75. The topological polar surface area (TPSA) is 41.1 Å². The lowest BCUT2D eigenvalue weighted by atomic mass is 10.3. The fourth-order valence-electron chi connectivity index (χ4n) is 2.47. The summed E-state index contributed by atoms with van der Waals surface area (Å²) in [6, 6.07) is 6.05. The van der Waals surface area contributed by atoms with Gasteiger partial charge in [0.25, 0.3) is 0 Å². The molecule has 6 heteroatoms. The van der Waals surface area contributed by atoms with Crippen LogP contribution in [-0.4, -0.2) is 23.1 Å². The Kier molecular flexibility index (Phi) is 4.75. The van der Waals surface area contributed by atoms with E-state index < -0.39 is 0 Å². The summed E-state index contributed by atoms with van der Waals surface area (Å²) in [6.07, 6.45) is 6.16. The van der Waals surface area contributed by atoms with E-state index in [0.717, 1.165) is 39.2 Å². The number of pyridine rings is 2. The second-order valence-corrected chi connectivity index (χ2v) is 6.77. The molecular formula is C15H16Br2N4. The number of hydrogen-bond acceptors (Lipinski definition) is 4. The minimum absolute atomic E-state index is 0.667. The summed E-state index contributed by atoms with van der Waals surface area (Å²) in [6.45, 7) is 2.85. The van der Waals surface area contributed by atoms with Crippen molar-refractivity contribution in [1.82, 2.24) is 9.97 Å². The van der Waals surface area contributed by atoms with Crippen LogP contribution in [0.2, 0.25) is 0 Å². The van der Waals surface area contributed by atoms with Gasteiger partial charge in [0.2, 0.25) is 0 Å². The molecule has 2 aromatic rings. The Morgan fingerprint density at radius 2 is 2.00 bits per heavy atom. The molecule has 3 heterocycles. The third-order valence-corrected chi connectivity index (χ3v) is 4.64. The number of nitrogens with one attached hydrogen (secondary N) is 1. The SMILES string of the molecule is Brc1cnc(CNc2cccnc2N2CCCC2)c(Br)c1. The van der Waals surface area contributed by atoms with Gasteiger partial charge in [-0.25, -0.2) is 4.98 Å². The lowest BCUT2D eigenvalue weighted by Gasteiger charge is -2.20. The van der Waals surface area contributed by atoms with Crippen LogP contribution in [0.4, 0.5) is 11.5 Å². The Morgan fingerprint density at radius 1 is 1.19 bits per heavy atom. The molecule has 1 N–H and O–H groups in total. The maximum absolute atomic E-state index is 4.53. The summed E-state index contributed by atoms with van der Waals surface area (Å²) in [4.78, 5) is 11.3. The zero-order valence-corrected chi connectivity index (χ0v) is 14.7. The predicted molar refractivity (Wildman–Crippen MR) is 92.6 cm³/mol. The molecule has 0 saturated carbocycles. The van der Waals surface area contributed by atoms with E-state index in [1.165, 1.54) is 12.8 Å². The van der Waals surface area contributed by atoms with Crippen molar-refractivity contribution < 1.29 is 0 Å². The molecule has 1 aliphatic rings. The molecule has 0 radical (unpaired) electrons. The highest BCUT2D eigenvalue weighted by molar-refractivity contribution is 9.11. The Balaban J connectivity index is 1.75. The predicted octanol–water partition coefficient (Wildman–Crippen LogP) is 4.21. The van der Waals surface area contributed by atoms with E-state index >= 15 is 0 Å². The molecule has 1 aliphatic heterocycles. The van der Waals surface area contributed by atoms with Gasteiger partial charge in [-0.3, -0.25) is 4.98 Å². The Hall–Kier alpha value is -1.14. The van der Waals surface area contributed by atoms with Crippen LogP contribution in [-0.2, 0) is 6.54 Å². The lowest BCUT2D eigenvalue weighted by molar-refractivity contribution is 0.931. The van der Waals surface area contributed by atoms with Crippen molar-refractivity contribution in [2.75, 3.05) is 23.3 Å². The fraction of sp³-hybridized carbons (Fsp3) is 0.333. The van der Waals surface area contributed by atoms with Gasteiger partial charge in [0.05, 0.1) is 17.9 Å². The van der Waals surface area contributed by atoms with E-state index in [4.69, 9.17) is 0 Å². The molecule has 1 saturated heterocycles. The summed E-state index contributed by atoms with van der Waals surface area (Å²) >= 11 is 6.97. The van der Waals surface area contributed by atoms with E-state index in [2.05, 4.69) is 58.1 Å². The van der Waals surface area contributed by atoms with Crippen molar-refractivity contribution in [3.63, 3.8) is 0 Å². The van der Waals surface area contributed by atoms with Crippen molar-refractivity contribution in [2.45, 2.75) is 19.4 Å². The number of rotatable bonds is 4. The molecule has 0 atom stereocenters. The molecule has 110 valence electrons. The molecule has 4 nitrogen and oxygen atoms in total. The van der Waals surface area contributed by atoms with Crippen LogP contribution in [0.3, 0.4) is 0 Å². The molecule has 3 rings (SSSR count). The quantitative estimate of drug-likeness (QED) is 0.817. The molecule has 0 bridgehead atoms. The highest BCUT2D eigenvalue weighted by Crippen LogP contribution is 2.27. The van der Waals surface area contributed by atoms with Gasteiger partial charge in [-0.1, -0.05) is 0 Å². The molecule has 1 fully saturated rings. The molecule has 0 amide bonds. The number of halogens is 2. The molecular weight excluding hydrogens is 396 g/mol. The first-order chi connectivity index (χ1) is 10.2. The van der Waals surface area contributed by atoms with E-state index in [-0.39, 0.29) is 0 Å². The van der Waals surface area contributed by atoms with E-state index in [9.17, 15) is 0 Å². The number of nitrogens with zero attached hydrogens (tertiary/aromatic N) is 3. The van der Waals surface area contributed by atoms with Crippen LogP contribution in [0.25, 0.3) is 0 Å². The van der Waals surface area contributed by atoms with Gasteiger partial charge >= 0.3 is 0 Å². The maximum Gasteiger partial charge on any atom is 0.151 e. The largest absolute Gasteiger partial charge is 0.376 e. The average Bonchev–Trinajstić information content (AvgIpc) is 3.01. The van der Waals surface area contributed by atoms with Gasteiger partial charge in [0.1, 0.15) is 0 Å².